The molecule has 2 heterocycles. The first kappa shape index (κ1) is 12.2. The Balaban J connectivity index is 1.53. The first-order valence-corrected chi connectivity index (χ1v) is 7.23. The maximum Gasteiger partial charge on any atom is 0.0951 e. The van der Waals surface area contributed by atoms with Crippen molar-refractivity contribution in [2.45, 2.75) is 38.3 Å². The molecule has 1 aliphatic heterocycles. The number of hydrogen-bond donors (Lipinski definition) is 1. The van der Waals surface area contributed by atoms with Gasteiger partial charge in [0.05, 0.1) is 12.0 Å². The van der Waals surface area contributed by atoms with Crippen LogP contribution in [0.1, 0.15) is 37.4 Å². The van der Waals surface area contributed by atoms with Crippen LogP contribution in [0.15, 0.2) is 12.5 Å². The minimum absolute atomic E-state index is 0.745. The Bertz CT molecular complexity index is 377. The van der Waals surface area contributed by atoms with Crippen molar-refractivity contribution in [1.82, 2.24) is 19.8 Å². The molecule has 3 rings (SSSR count). The van der Waals surface area contributed by atoms with Crippen LogP contribution in [0.4, 0.5) is 0 Å². The lowest BCUT2D eigenvalue weighted by molar-refractivity contribution is 0.230. The molecule has 100 valence electrons. The Kier molecular flexibility index (Phi) is 3.66. The third-order valence-electron chi connectivity index (χ3n) is 4.15. The maximum absolute atomic E-state index is 4.31. The van der Waals surface area contributed by atoms with Gasteiger partial charge in [0, 0.05) is 25.3 Å². The predicted molar refractivity (Wildman–Crippen MR) is 72.4 cm³/mol. The second-order valence-corrected chi connectivity index (χ2v) is 5.91. The smallest absolute Gasteiger partial charge is 0.0951 e. The summed E-state index contributed by atoms with van der Waals surface area (Å²) in [4.78, 5) is 6.77. The van der Waals surface area contributed by atoms with Crippen molar-refractivity contribution in [3.05, 3.63) is 18.2 Å². The van der Waals surface area contributed by atoms with Crippen molar-refractivity contribution < 1.29 is 0 Å². The molecular weight excluding hydrogens is 224 g/mol. The van der Waals surface area contributed by atoms with Crippen LogP contribution >= 0.6 is 0 Å². The van der Waals surface area contributed by atoms with Crippen molar-refractivity contribution in [2.75, 3.05) is 26.7 Å². The topological polar surface area (TPSA) is 33.1 Å². The van der Waals surface area contributed by atoms with Gasteiger partial charge in [-0.1, -0.05) is 0 Å². The first-order chi connectivity index (χ1) is 8.83. The fraction of sp³-hybridized carbons (Fsp3) is 0.786. The molecule has 1 N–H and O–H groups in total. The van der Waals surface area contributed by atoms with Gasteiger partial charge in [-0.15, -0.1) is 0 Å². The van der Waals surface area contributed by atoms with E-state index in [1.54, 1.807) is 0 Å². The maximum atomic E-state index is 4.31. The Morgan fingerprint density at radius 3 is 2.83 bits per heavy atom. The highest BCUT2D eigenvalue weighted by Gasteiger charge is 2.25. The van der Waals surface area contributed by atoms with Crippen LogP contribution in [0.5, 0.6) is 0 Å². The Morgan fingerprint density at radius 2 is 2.11 bits per heavy atom. The molecule has 0 amide bonds. The molecule has 2 aliphatic rings. The van der Waals surface area contributed by atoms with Crippen LogP contribution in [0.25, 0.3) is 0 Å². The lowest BCUT2D eigenvalue weighted by Gasteiger charge is -2.27. The lowest BCUT2D eigenvalue weighted by Crippen LogP contribution is -2.34. The summed E-state index contributed by atoms with van der Waals surface area (Å²) in [5.41, 5.74) is 1.38. The van der Waals surface area contributed by atoms with Gasteiger partial charge in [-0.2, -0.15) is 0 Å². The summed E-state index contributed by atoms with van der Waals surface area (Å²) in [6.45, 7) is 4.65. The van der Waals surface area contributed by atoms with Gasteiger partial charge in [0.15, 0.2) is 0 Å². The zero-order valence-corrected chi connectivity index (χ0v) is 11.3. The third-order valence-corrected chi connectivity index (χ3v) is 4.15. The van der Waals surface area contributed by atoms with Crippen molar-refractivity contribution in [2.24, 2.45) is 5.92 Å². The highest BCUT2D eigenvalue weighted by atomic mass is 15.2. The molecule has 4 heteroatoms. The number of nitrogens with one attached hydrogen (secondary N) is 1. The minimum Gasteiger partial charge on any atom is -0.330 e. The normalized spacial score (nSPS) is 21.7. The van der Waals surface area contributed by atoms with E-state index in [0.29, 0.717) is 0 Å². The van der Waals surface area contributed by atoms with E-state index in [0.717, 1.165) is 18.5 Å². The Labute approximate surface area is 109 Å². The van der Waals surface area contributed by atoms with Gasteiger partial charge >= 0.3 is 0 Å². The number of nitrogens with zero attached hydrogens (tertiary/aromatic N) is 3. The van der Waals surface area contributed by atoms with Gasteiger partial charge in [0.2, 0.25) is 0 Å². The second-order valence-electron chi connectivity index (χ2n) is 5.91. The average molecular weight is 248 g/mol. The van der Waals surface area contributed by atoms with E-state index in [4.69, 9.17) is 0 Å². The quantitative estimate of drug-likeness (QED) is 0.860. The summed E-state index contributed by atoms with van der Waals surface area (Å²) in [6, 6.07) is 0.745. The number of rotatable bonds is 5. The highest BCUT2D eigenvalue weighted by molar-refractivity contribution is 5.03. The molecule has 0 radical (unpaired) electrons. The van der Waals surface area contributed by atoms with Gasteiger partial charge < -0.3 is 14.8 Å². The van der Waals surface area contributed by atoms with Crippen LogP contribution in [0.2, 0.25) is 0 Å². The van der Waals surface area contributed by atoms with Crippen molar-refractivity contribution in [3.8, 4) is 0 Å². The molecule has 18 heavy (non-hydrogen) atoms. The van der Waals surface area contributed by atoms with E-state index in [1.165, 1.54) is 51.0 Å². The zero-order chi connectivity index (χ0) is 12.4. The van der Waals surface area contributed by atoms with Crippen LogP contribution in [-0.2, 0) is 6.54 Å². The van der Waals surface area contributed by atoms with E-state index in [1.807, 2.05) is 12.5 Å². The summed E-state index contributed by atoms with van der Waals surface area (Å²) in [6.07, 6.45) is 9.36. The lowest BCUT2D eigenvalue weighted by atomic mass is 9.98. The van der Waals surface area contributed by atoms with Gasteiger partial charge in [-0.25, -0.2) is 4.98 Å². The van der Waals surface area contributed by atoms with Gasteiger partial charge in [-0.05, 0) is 51.7 Å². The molecule has 1 saturated heterocycles. The van der Waals surface area contributed by atoms with E-state index in [2.05, 4.69) is 26.8 Å². The molecular formula is C14H24N4. The van der Waals surface area contributed by atoms with Gasteiger partial charge in [0.25, 0.3) is 0 Å². The molecule has 0 atom stereocenters. The van der Waals surface area contributed by atoms with E-state index < -0.39 is 0 Å². The highest BCUT2D eigenvalue weighted by Crippen LogP contribution is 2.35. The SMILES string of the molecule is CN(Cc1cncn1C1CC1)CC1CCNCC1. The second kappa shape index (κ2) is 5.41. The average Bonchev–Trinajstić information content (AvgIpc) is 3.12. The van der Waals surface area contributed by atoms with Crippen molar-refractivity contribution in [3.63, 3.8) is 0 Å². The minimum atomic E-state index is 0.745. The fourth-order valence-electron chi connectivity index (χ4n) is 2.98. The summed E-state index contributed by atoms with van der Waals surface area (Å²) < 4.78 is 2.37. The van der Waals surface area contributed by atoms with Gasteiger partial charge in [-0.3, -0.25) is 0 Å². The van der Waals surface area contributed by atoms with E-state index in [9.17, 15) is 0 Å². The molecule has 0 bridgehead atoms. The first-order valence-electron chi connectivity index (χ1n) is 7.23. The standard InChI is InChI=1S/C14H24N4/c1-17(9-12-4-6-15-7-5-12)10-14-8-16-11-18(14)13-2-3-13/h8,11-13,15H,2-7,9-10H2,1H3. The predicted octanol–water partition coefficient (Wildman–Crippen LogP) is 1.65. The molecule has 1 aliphatic carbocycles. The number of hydrogen-bond acceptors (Lipinski definition) is 3. The molecule has 0 spiro atoms. The molecule has 1 aromatic rings. The summed E-state index contributed by atoms with van der Waals surface area (Å²) in [5, 5.41) is 3.43. The molecule has 4 nitrogen and oxygen atoms in total. The Hall–Kier alpha value is -0.870. The van der Waals surface area contributed by atoms with Crippen molar-refractivity contribution in [1.29, 1.82) is 0 Å². The summed E-state index contributed by atoms with van der Waals surface area (Å²) in [5.74, 6) is 0.869. The number of aromatic nitrogens is 2. The van der Waals surface area contributed by atoms with Crippen LogP contribution in [-0.4, -0.2) is 41.1 Å². The molecule has 1 aromatic heterocycles. The van der Waals surface area contributed by atoms with Crippen LogP contribution in [0, 0.1) is 5.92 Å². The number of piperidine rings is 1. The van der Waals surface area contributed by atoms with Gasteiger partial charge in [0.1, 0.15) is 0 Å². The molecule has 0 unspecified atom stereocenters. The third kappa shape index (κ3) is 2.93. The zero-order valence-electron chi connectivity index (χ0n) is 11.3. The largest absolute Gasteiger partial charge is 0.330 e. The summed E-state index contributed by atoms with van der Waals surface area (Å²) in [7, 11) is 2.24. The molecule has 2 fully saturated rings. The monoisotopic (exact) mass is 248 g/mol. The molecule has 0 aromatic carbocycles. The van der Waals surface area contributed by atoms with E-state index >= 15 is 0 Å². The molecule has 1 saturated carbocycles. The van der Waals surface area contributed by atoms with Crippen LogP contribution < -0.4 is 5.32 Å². The Morgan fingerprint density at radius 1 is 1.33 bits per heavy atom. The van der Waals surface area contributed by atoms with E-state index in [-0.39, 0.29) is 0 Å². The number of imidazole rings is 1. The van der Waals surface area contributed by atoms with Crippen LogP contribution in [0.3, 0.4) is 0 Å². The summed E-state index contributed by atoms with van der Waals surface area (Å²) >= 11 is 0. The fourth-order valence-corrected chi connectivity index (χ4v) is 2.98. The van der Waals surface area contributed by atoms with Crippen molar-refractivity contribution >= 4 is 0 Å².